The van der Waals surface area contributed by atoms with Gasteiger partial charge in [-0.25, -0.2) is 4.79 Å². The number of nitrogens with zero attached hydrogens (tertiary/aromatic N) is 1. The normalized spacial score (nSPS) is 13.6. The topological polar surface area (TPSA) is 295 Å². The van der Waals surface area contributed by atoms with E-state index in [0.29, 0.717) is 5.56 Å². The summed E-state index contributed by atoms with van der Waals surface area (Å²) in [6.07, 6.45) is -1.31. The maximum absolute atomic E-state index is 13.1. The minimum atomic E-state index is -1.67. The number of hydrogen-bond acceptors (Lipinski definition) is 8. The summed E-state index contributed by atoms with van der Waals surface area (Å²) in [5.41, 5.74) is 21.7. The van der Waals surface area contributed by atoms with E-state index in [1.54, 1.807) is 30.3 Å². The molecule has 0 aliphatic carbocycles. The fourth-order valence-corrected chi connectivity index (χ4v) is 3.34. The molecule has 4 unspecified atom stereocenters. The van der Waals surface area contributed by atoms with Crippen molar-refractivity contribution in [1.29, 1.82) is 0 Å². The van der Waals surface area contributed by atoms with Gasteiger partial charge in [0.1, 0.15) is 18.1 Å². The summed E-state index contributed by atoms with van der Waals surface area (Å²) in [6.45, 7) is 0.126. The minimum Gasteiger partial charge on any atom is -0.481 e. The van der Waals surface area contributed by atoms with Crippen LogP contribution in [0.5, 0.6) is 0 Å². The van der Waals surface area contributed by atoms with Crippen LogP contribution < -0.4 is 38.9 Å². The Morgan fingerprint density at radius 3 is 1.90 bits per heavy atom. The number of amides is 4. The molecular weight excluding hydrogens is 516 g/mol. The van der Waals surface area contributed by atoms with Crippen LogP contribution in [0.25, 0.3) is 0 Å². The second kappa shape index (κ2) is 16.2. The molecule has 1 aromatic rings. The number of guanidine groups is 1. The van der Waals surface area contributed by atoms with E-state index in [1.807, 2.05) is 0 Å². The van der Waals surface area contributed by atoms with Crippen LogP contribution in [-0.4, -0.2) is 82.5 Å². The van der Waals surface area contributed by atoms with E-state index in [4.69, 9.17) is 22.9 Å². The van der Waals surface area contributed by atoms with Crippen LogP contribution >= 0.6 is 0 Å². The van der Waals surface area contributed by atoms with E-state index in [2.05, 4.69) is 20.9 Å². The number of carbonyl (C=O) groups is 6. The van der Waals surface area contributed by atoms with Crippen molar-refractivity contribution in [1.82, 2.24) is 16.0 Å². The molecule has 13 N–H and O–H groups in total. The molecule has 0 spiro atoms. The predicted molar refractivity (Wildman–Crippen MR) is 138 cm³/mol. The Morgan fingerprint density at radius 2 is 1.36 bits per heavy atom. The lowest BCUT2D eigenvalue weighted by Crippen LogP contribution is -2.58. The van der Waals surface area contributed by atoms with Crippen molar-refractivity contribution >= 4 is 41.5 Å². The molecule has 0 heterocycles. The molecule has 39 heavy (non-hydrogen) atoms. The highest BCUT2D eigenvalue weighted by Gasteiger charge is 2.31. The highest BCUT2D eigenvalue weighted by molar-refractivity contribution is 5.96. The van der Waals surface area contributed by atoms with Crippen molar-refractivity contribution in [3.8, 4) is 0 Å². The van der Waals surface area contributed by atoms with Crippen LogP contribution in [0.4, 0.5) is 0 Å². The monoisotopic (exact) mass is 550 g/mol. The number of nitrogens with two attached hydrogens (primary N) is 4. The van der Waals surface area contributed by atoms with E-state index >= 15 is 0 Å². The molecule has 0 aliphatic rings. The van der Waals surface area contributed by atoms with Gasteiger partial charge >= 0.3 is 11.9 Å². The molecule has 0 saturated carbocycles. The molecule has 1 aromatic carbocycles. The van der Waals surface area contributed by atoms with Crippen LogP contribution in [0.3, 0.4) is 0 Å². The zero-order valence-electron chi connectivity index (χ0n) is 21.0. The lowest BCUT2D eigenvalue weighted by atomic mass is 10.0. The summed E-state index contributed by atoms with van der Waals surface area (Å²) in [5, 5.41) is 25.6. The summed E-state index contributed by atoms with van der Waals surface area (Å²) in [7, 11) is 0. The summed E-state index contributed by atoms with van der Waals surface area (Å²) >= 11 is 0. The molecule has 4 atom stereocenters. The van der Waals surface area contributed by atoms with Gasteiger partial charge in [0.2, 0.25) is 23.6 Å². The Kier molecular flexibility index (Phi) is 13.4. The Labute approximate surface area is 223 Å². The van der Waals surface area contributed by atoms with E-state index in [-0.39, 0.29) is 31.8 Å². The van der Waals surface area contributed by atoms with Crippen molar-refractivity contribution in [2.24, 2.45) is 27.9 Å². The van der Waals surface area contributed by atoms with E-state index in [1.165, 1.54) is 0 Å². The number of aliphatic imine (C=N–C) groups is 1. The van der Waals surface area contributed by atoms with Gasteiger partial charge in [-0.05, 0) is 18.4 Å². The highest BCUT2D eigenvalue weighted by atomic mass is 16.4. The Bertz CT molecular complexity index is 1060. The number of carboxylic acid groups (broad SMARTS) is 2. The van der Waals surface area contributed by atoms with Gasteiger partial charge < -0.3 is 49.1 Å². The SMILES string of the molecule is NC(=O)CC(N)C(=O)NC(CC(=O)O)C(=O)NC(Cc1ccccc1)C(=O)NC(CCCN=C(N)N)C(=O)O. The Hall–Kier alpha value is -4.73. The molecule has 16 heteroatoms. The van der Waals surface area contributed by atoms with E-state index < -0.39 is 72.6 Å². The second-order valence-electron chi connectivity index (χ2n) is 8.54. The standard InChI is InChI=1S/C23H34N8O8/c24-13(10-17(25)32)19(35)30-16(11-18(33)34)21(37)31-15(9-12-5-2-1-3-6-12)20(36)29-14(22(38)39)7-4-8-28-23(26)27/h1-3,5-6,13-16H,4,7-11,24H2,(H2,25,32)(H,29,36)(H,30,35)(H,31,37)(H,33,34)(H,38,39)(H4,26,27,28). The molecule has 0 radical (unpaired) electrons. The van der Waals surface area contributed by atoms with Gasteiger partial charge in [-0.15, -0.1) is 0 Å². The largest absolute Gasteiger partial charge is 0.481 e. The number of nitrogens with one attached hydrogen (secondary N) is 3. The van der Waals surface area contributed by atoms with Gasteiger partial charge in [0, 0.05) is 13.0 Å². The van der Waals surface area contributed by atoms with E-state index in [0.717, 1.165) is 0 Å². The van der Waals surface area contributed by atoms with Gasteiger partial charge in [-0.2, -0.15) is 0 Å². The first-order valence-electron chi connectivity index (χ1n) is 11.8. The van der Waals surface area contributed by atoms with Crippen molar-refractivity contribution < 1.29 is 39.0 Å². The third-order valence-electron chi connectivity index (χ3n) is 5.25. The lowest BCUT2D eigenvalue weighted by Gasteiger charge is -2.24. The molecular formula is C23H34N8O8. The molecule has 0 aliphatic heterocycles. The van der Waals surface area contributed by atoms with Crippen molar-refractivity contribution in [3.63, 3.8) is 0 Å². The molecule has 0 aromatic heterocycles. The van der Waals surface area contributed by atoms with Gasteiger partial charge in [-0.1, -0.05) is 30.3 Å². The minimum absolute atomic E-state index is 0.0285. The van der Waals surface area contributed by atoms with Crippen molar-refractivity contribution in [2.75, 3.05) is 6.54 Å². The second-order valence-corrected chi connectivity index (χ2v) is 8.54. The maximum atomic E-state index is 13.1. The molecule has 0 bridgehead atoms. The number of rotatable bonds is 17. The summed E-state index contributed by atoms with van der Waals surface area (Å²) in [5.74, 6) is -6.77. The van der Waals surface area contributed by atoms with Gasteiger partial charge in [0.05, 0.1) is 18.9 Å². The highest BCUT2D eigenvalue weighted by Crippen LogP contribution is 2.07. The van der Waals surface area contributed by atoms with Gasteiger partial charge in [0.15, 0.2) is 5.96 Å². The van der Waals surface area contributed by atoms with Crippen LogP contribution in [-0.2, 0) is 35.2 Å². The first kappa shape index (κ1) is 32.3. The predicted octanol–water partition coefficient (Wildman–Crippen LogP) is -3.50. The fourth-order valence-electron chi connectivity index (χ4n) is 3.34. The quantitative estimate of drug-likeness (QED) is 0.0520. The molecule has 0 saturated heterocycles. The summed E-state index contributed by atoms with van der Waals surface area (Å²) in [4.78, 5) is 76.2. The van der Waals surface area contributed by atoms with Crippen molar-refractivity contribution in [2.45, 2.75) is 56.3 Å². The molecule has 0 fully saturated rings. The number of carboxylic acids is 2. The number of carbonyl (C=O) groups excluding carboxylic acids is 4. The molecule has 214 valence electrons. The first-order valence-corrected chi connectivity index (χ1v) is 11.8. The molecule has 4 amide bonds. The summed E-state index contributed by atoms with van der Waals surface area (Å²) in [6, 6.07) is 2.61. The zero-order valence-corrected chi connectivity index (χ0v) is 21.0. The van der Waals surface area contributed by atoms with Crippen LogP contribution in [0, 0.1) is 0 Å². The fraction of sp³-hybridized carbons (Fsp3) is 0.435. The molecule has 1 rings (SSSR count). The van der Waals surface area contributed by atoms with Crippen LogP contribution in [0.1, 0.15) is 31.2 Å². The smallest absolute Gasteiger partial charge is 0.326 e. The average Bonchev–Trinajstić information content (AvgIpc) is 2.84. The lowest BCUT2D eigenvalue weighted by molar-refractivity contribution is -0.143. The Morgan fingerprint density at radius 1 is 0.795 bits per heavy atom. The third-order valence-corrected chi connectivity index (χ3v) is 5.25. The van der Waals surface area contributed by atoms with E-state index in [9.17, 15) is 39.0 Å². The number of aliphatic carboxylic acids is 2. The van der Waals surface area contributed by atoms with Gasteiger partial charge in [-0.3, -0.25) is 29.0 Å². The van der Waals surface area contributed by atoms with Crippen LogP contribution in [0.15, 0.2) is 35.3 Å². The number of primary amides is 1. The third kappa shape index (κ3) is 12.9. The van der Waals surface area contributed by atoms with Crippen molar-refractivity contribution in [3.05, 3.63) is 35.9 Å². The number of benzene rings is 1. The summed E-state index contributed by atoms with van der Waals surface area (Å²) < 4.78 is 0. The Balaban J connectivity index is 3.10. The van der Waals surface area contributed by atoms with Gasteiger partial charge in [0.25, 0.3) is 0 Å². The van der Waals surface area contributed by atoms with Crippen LogP contribution in [0.2, 0.25) is 0 Å². The molecule has 16 nitrogen and oxygen atoms in total. The first-order chi connectivity index (χ1) is 18.3. The zero-order chi connectivity index (χ0) is 29.5. The maximum Gasteiger partial charge on any atom is 0.326 e. The number of hydrogen-bond donors (Lipinski definition) is 9. The average molecular weight is 551 g/mol.